The molecule has 5 nitrogen and oxygen atoms in total. The minimum absolute atomic E-state index is 0.107. The number of carbonyl (C=O) groups excluding carboxylic acids is 3. The molecule has 0 heterocycles. The van der Waals surface area contributed by atoms with Crippen LogP contribution in [0.25, 0.3) is 66.9 Å². The standard InChI is InChI=1S/C135H80O5/c136-133-127(111-65-53-99(54-66-111)47-41-93-25-9-1-10-26-93)121(105-37-21-7-22-38-105)123(129(133)113-69-57-101(58-70-113)49-43-95-29-13-3-14-30-95)107-77-85-117(86-78-107)139-119-89-81-109(82-90-119)125-126(132(116-75-63-104(64-76-116)52-46-98-35-19-6-20-36-98)135(138)131(125)115-73-61-103(62-74-115)51-45-97-33-17-5-18-34-97)110-83-91-120(92-84-110)140-118-87-79-108(80-88-118)124-122(106-39-23-8-24-40-106)128(112-67-55-100(56-68-112)48-42-94-27-11-2-12-28-94)134(137)130(124)114-71-59-102(60-72-114)50-44-96-31-15-4-16-32-96/h1-40,53-92H. The van der Waals surface area contributed by atoms with Crippen LogP contribution in [-0.4, -0.2) is 17.3 Å². The van der Waals surface area contributed by atoms with E-state index in [2.05, 4.69) is 95.3 Å². The second kappa shape index (κ2) is 40.4. The predicted octanol–water partition coefficient (Wildman–Crippen LogP) is 29.0. The first-order valence-electron chi connectivity index (χ1n) is 46.2. The molecule has 0 saturated carbocycles. The zero-order chi connectivity index (χ0) is 94.3. The fraction of sp³-hybridized carbons (Fsp3) is 0. The molecule has 5 heteroatoms. The Morgan fingerprint density at radius 3 is 0.357 bits per heavy atom. The van der Waals surface area contributed by atoms with E-state index in [1.807, 2.05) is 461 Å². The minimum atomic E-state index is -0.166. The Morgan fingerprint density at radius 2 is 0.214 bits per heavy atom. The molecular weight excluding hydrogens is 1700 g/mol. The molecule has 140 heavy (non-hydrogen) atoms. The molecule has 0 bridgehead atoms. The average Bonchev–Trinajstić information content (AvgIpc) is 1.59. The number of benzene rings is 18. The van der Waals surface area contributed by atoms with Crippen molar-refractivity contribution in [2.75, 3.05) is 0 Å². The van der Waals surface area contributed by atoms with Crippen molar-refractivity contribution in [3.63, 3.8) is 0 Å². The first-order valence-corrected chi connectivity index (χ1v) is 46.2. The van der Waals surface area contributed by atoms with Crippen LogP contribution in [0.3, 0.4) is 0 Å². The van der Waals surface area contributed by atoms with E-state index < -0.39 is 0 Å². The number of rotatable bonds is 16. The number of Topliss-reactive ketones (excluding diaryl/α,β-unsaturated/α-hetero) is 3. The number of allylic oxidation sites excluding steroid dienone is 12. The maximum atomic E-state index is 16.4. The molecule has 3 aliphatic carbocycles. The second-order valence-electron chi connectivity index (χ2n) is 33.7. The Bertz CT molecular complexity index is 7940. The summed E-state index contributed by atoms with van der Waals surface area (Å²) in [7, 11) is 0. The van der Waals surface area contributed by atoms with E-state index >= 15 is 14.4 Å². The van der Waals surface area contributed by atoms with Crippen LogP contribution in [0.2, 0.25) is 0 Å². The Hall–Kier alpha value is -19.6. The Balaban J connectivity index is 0.637. The number of ether oxygens (including phenoxy) is 2. The lowest BCUT2D eigenvalue weighted by Crippen LogP contribution is -2.02. The van der Waals surface area contributed by atoms with Crippen molar-refractivity contribution in [3.8, 4) is 94.0 Å². The fourth-order valence-electron chi connectivity index (χ4n) is 17.7. The molecule has 0 unspecified atom stereocenters. The monoisotopic (exact) mass is 1780 g/mol. The van der Waals surface area contributed by atoms with E-state index in [1.165, 1.54) is 0 Å². The van der Waals surface area contributed by atoms with Crippen molar-refractivity contribution in [1.82, 2.24) is 0 Å². The maximum absolute atomic E-state index is 16.4. The number of ketones is 3. The third-order valence-corrected chi connectivity index (χ3v) is 24.6. The van der Waals surface area contributed by atoms with Crippen molar-refractivity contribution in [1.29, 1.82) is 0 Å². The van der Waals surface area contributed by atoms with Crippen LogP contribution >= 0.6 is 0 Å². The summed E-state index contributed by atoms with van der Waals surface area (Å²) in [6.07, 6.45) is 0. The zero-order valence-corrected chi connectivity index (χ0v) is 75.7. The van der Waals surface area contributed by atoms with E-state index in [1.54, 1.807) is 0 Å². The molecule has 0 aromatic heterocycles. The van der Waals surface area contributed by atoms with E-state index in [-0.39, 0.29) is 17.3 Å². The predicted molar refractivity (Wildman–Crippen MR) is 568 cm³/mol. The number of carbonyl (C=O) groups is 3. The quantitative estimate of drug-likeness (QED) is 0.0902. The molecule has 0 amide bonds. The highest BCUT2D eigenvalue weighted by molar-refractivity contribution is 6.61. The molecule has 650 valence electrons. The van der Waals surface area contributed by atoms with E-state index in [0.29, 0.717) is 78.7 Å². The van der Waals surface area contributed by atoms with Gasteiger partial charge in [0.2, 0.25) is 0 Å². The van der Waals surface area contributed by atoms with Gasteiger partial charge in [-0.25, -0.2) is 0 Å². The summed E-state index contributed by atoms with van der Waals surface area (Å²) >= 11 is 0. The molecule has 0 spiro atoms. The third-order valence-electron chi connectivity index (χ3n) is 24.6. The smallest absolute Gasteiger partial charge is 0.195 e. The molecule has 0 saturated heterocycles. The van der Waals surface area contributed by atoms with Gasteiger partial charge in [0.05, 0.1) is 0 Å². The molecule has 21 rings (SSSR count). The van der Waals surface area contributed by atoms with Crippen molar-refractivity contribution in [3.05, 3.63) is 619 Å². The van der Waals surface area contributed by atoms with Gasteiger partial charge in [-0.15, -0.1) is 0 Å². The SMILES string of the molecule is O=C1C(c2ccc(C#Cc3ccccc3)cc2)=C(c2ccccc2)C(c2ccc(Oc3ccc(C4=C(c5ccc(C#Cc6ccccc6)cc5)C(=O)C(c5ccc(C#Cc6ccccc6)cc5)=C4c4ccc(Oc5ccc(C6=C(c7ccc(C#Cc8ccccc8)cc7)C(=O)C(c7ccc(C#Cc8ccccc8)cc7)=C6c6ccccc6)cc5)cc4)cc3)cc2)=C1c1ccc(C#Cc2ccccc2)cc1. The van der Waals surface area contributed by atoms with Crippen molar-refractivity contribution < 1.29 is 23.9 Å². The summed E-state index contributed by atoms with van der Waals surface area (Å²) in [4.78, 5) is 48.0. The zero-order valence-electron chi connectivity index (χ0n) is 75.7. The van der Waals surface area contributed by atoms with Crippen LogP contribution in [0.1, 0.15) is 134 Å². The highest BCUT2D eigenvalue weighted by atomic mass is 16.5. The normalized spacial score (nSPS) is 12.5. The largest absolute Gasteiger partial charge is 0.457 e. The van der Waals surface area contributed by atoms with Gasteiger partial charge in [0.15, 0.2) is 17.3 Å². The van der Waals surface area contributed by atoms with Crippen LogP contribution in [0.4, 0.5) is 0 Å². The third kappa shape index (κ3) is 19.3. The second-order valence-corrected chi connectivity index (χ2v) is 33.7. The molecule has 3 aliphatic rings. The lowest BCUT2D eigenvalue weighted by atomic mass is 9.89. The molecule has 0 radical (unpaired) electrons. The van der Waals surface area contributed by atoms with Gasteiger partial charge >= 0.3 is 0 Å². The van der Waals surface area contributed by atoms with Gasteiger partial charge in [-0.2, -0.15) is 0 Å². The molecule has 0 N–H and O–H groups in total. The van der Waals surface area contributed by atoms with E-state index in [4.69, 9.17) is 9.47 Å². The van der Waals surface area contributed by atoms with Crippen LogP contribution in [-0.2, 0) is 14.4 Å². The highest BCUT2D eigenvalue weighted by Crippen LogP contribution is 2.54. The minimum Gasteiger partial charge on any atom is -0.457 e. The first kappa shape index (κ1) is 87.0. The molecule has 0 fully saturated rings. The highest BCUT2D eigenvalue weighted by Gasteiger charge is 2.39. The summed E-state index contributed by atoms with van der Waals surface area (Å²) in [6.45, 7) is 0. The van der Waals surface area contributed by atoms with Crippen LogP contribution in [0, 0.1) is 71.0 Å². The summed E-state index contributed by atoms with van der Waals surface area (Å²) in [6, 6.07) is 159. The van der Waals surface area contributed by atoms with Crippen molar-refractivity contribution >= 4 is 84.2 Å². The van der Waals surface area contributed by atoms with Gasteiger partial charge in [0, 0.05) is 134 Å². The lowest BCUT2D eigenvalue weighted by Gasteiger charge is -2.16. The summed E-state index contributed by atoms with van der Waals surface area (Å²) in [5, 5.41) is 0. The Kier molecular flexibility index (Phi) is 25.1. The lowest BCUT2D eigenvalue weighted by molar-refractivity contribution is -0.109. The first-order chi connectivity index (χ1) is 69.1. The van der Waals surface area contributed by atoms with Gasteiger partial charge in [0.1, 0.15) is 23.0 Å². The summed E-state index contributed by atoms with van der Waals surface area (Å²) in [5.41, 5.74) is 27.5. The van der Waals surface area contributed by atoms with Gasteiger partial charge in [0.25, 0.3) is 0 Å². The topological polar surface area (TPSA) is 69.7 Å². The van der Waals surface area contributed by atoms with E-state index in [0.717, 1.165) is 145 Å². The number of hydrogen-bond acceptors (Lipinski definition) is 5. The molecule has 0 aliphatic heterocycles. The Labute approximate surface area is 815 Å². The number of hydrogen-bond donors (Lipinski definition) is 0. The summed E-state index contributed by atoms with van der Waals surface area (Å²) < 4.78 is 13.7. The van der Waals surface area contributed by atoms with Gasteiger partial charge in [-0.05, 0) is 261 Å². The molecular formula is C135H80O5. The average molecular weight is 1780 g/mol. The molecule has 18 aromatic rings. The van der Waals surface area contributed by atoms with Gasteiger partial charge in [-0.3, -0.25) is 14.4 Å². The van der Waals surface area contributed by atoms with Gasteiger partial charge in [-0.1, -0.05) is 362 Å². The van der Waals surface area contributed by atoms with Crippen LogP contribution in [0.5, 0.6) is 23.0 Å². The Morgan fingerprint density at radius 1 is 0.107 bits per heavy atom. The van der Waals surface area contributed by atoms with Crippen LogP contribution in [0.15, 0.2) is 485 Å². The van der Waals surface area contributed by atoms with Crippen LogP contribution < -0.4 is 9.47 Å². The van der Waals surface area contributed by atoms with Gasteiger partial charge < -0.3 is 9.47 Å². The molecule has 18 aromatic carbocycles. The van der Waals surface area contributed by atoms with E-state index in [9.17, 15) is 0 Å². The fourth-order valence-corrected chi connectivity index (χ4v) is 17.7. The summed E-state index contributed by atoms with van der Waals surface area (Å²) in [5.74, 6) is 41.6. The maximum Gasteiger partial charge on any atom is 0.195 e. The molecule has 0 atom stereocenters. The van der Waals surface area contributed by atoms with Crippen molar-refractivity contribution in [2.24, 2.45) is 0 Å². The van der Waals surface area contributed by atoms with Crippen molar-refractivity contribution in [2.45, 2.75) is 0 Å².